The van der Waals surface area contributed by atoms with E-state index >= 15 is 0 Å². The maximum atomic E-state index is 11.4. The van der Waals surface area contributed by atoms with Crippen LogP contribution in [0.2, 0.25) is 0 Å². The second-order valence-corrected chi connectivity index (χ2v) is 5.51. The molecule has 0 aliphatic heterocycles. The van der Waals surface area contributed by atoms with Crippen molar-refractivity contribution in [3.63, 3.8) is 0 Å². The van der Waals surface area contributed by atoms with Crippen molar-refractivity contribution in [3.05, 3.63) is 0 Å². The van der Waals surface area contributed by atoms with Crippen molar-refractivity contribution in [2.45, 2.75) is 34.1 Å². The van der Waals surface area contributed by atoms with Gasteiger partial charge in [0.1, 0.15) is 5.78 Å². The van der Waals surface area contributed by atoms with Crippen molar-refractivity contribution < 1.29 is 4.79 Å². The number of hydrogen-bond acceptors (Lipinski definition) is 2. The molecule has 0 saturated carbocycles. The van der Waals surface area contributed by atoms with E-state index in [1.54, 1.807) is 0 Å². The van der Waals surface area contributed by atoms with Crippen molar-refractivity contribution in [1.29, 1.82) is 0 Å². The van der Waals surface area contributed by atoms with Crippen LogP contribution < -0.4 is 0 Å². The molecule has 0 amide bonds. The molecule has 0 fully saturated rings. The number of Topliss-reactive ketones (excluding diaryl/α,β-unsaturated/α-hetero) is 1. The largest absolute Gasteiger partial charge is 0.298 e. The quantitative estimate of drug-likeness (QED) is 0.555. The van der Waals surface area contributed by atoms with Gasteiger partial charge in [0.2, 0.25) is 0 Å². The molecule has 0 saturated heterocycles. The summed E-state index contributed by atoms with van der Waals surface area (Å²) in [6.07, 6.45) is 1.16. The van der Waals surface area contributed by atoms with Gasteiger partial charge in [-0.25, -0.2) is 3.11 Å². The molecule has 0 atom stereocenters. The Labute approximate surface area is 95.6 Å². The number of carbonyl (C=O) groups is 1. The van der Waals surface area contributed by atoms with Crippen LogP contribution in [-0.2, 0) is 4.79 Å². The van der Waals surface area contributed by atoms with Gasteiger partial charge in [0, 0.05) is 35.3 Å². The highest BCUT2D eigenvalue weighted by Crippen LogP contribution is 2.07. The van der Waals surface area contributed by atoms with E-state index in [9.17, 15) is 4.79 Å². The SMILES string of the molecule is CC(C)CCN(I)CC(=O)C(C)C. The maximum absolute atomic E-state index is 11.4. The molecule has 0 N–H and O–H groups in total. The van der Waals surface area contributed by atoms with Crippen molar-refractivity contribution in [2.24, 2.45) is 11.8 Å². The standard InChI is InChI=1S/C10H20INO/c1-8(2)5-6-12(11)7-10(13)9(3)4/h8-9H,5-7H2,1-4H3. The first-order chi connectivity index (χ1) is 5.93. The third kappa shape index (κ3) is 7.43. The molecule has 0 aromatic heterocycles. The fourth-order valence-corrected chi connectivity index (χ4v) is 1.44. The fraction of sp³-hybridized carbons (Fsp3) is 0.900. The molecule has 0 radical (unpaired) electrons. The van der Waals surface area contributed by atoms with Gasteiger partial charge in [-0.15, -0.1) is 0 Å². The van der Waals surface area contributed by atoms with Gasteiger partial charge in [0.25, 0.3) is 0 Å². The number of rotatable bonds is 6. The lowest BCUT2D eigenvalue weighted by atomic mass is 10.1. The Balaban J connectivity index is 3.62. The van der Waals surface area contributed by atoms with Gasteiger partial charge >= 0.3 is 0 Å². The summed E-state index contributed by atoms with van der Waals surface area (Å²) in [5.74, 6) is 1.21. The average Bonchev–Trinajstić information content (AvgIpc) is 2.00. The highest BCUT2D eigenvalue weighted by molar-refractivity contribution is 14.1. The minimum Gasteiger partial charge on any atom is -0.298 e. The second kappa shape index (κ2) is 6.76. The summed E-state index contributed by atoms with van der Waals surface area (Å²) in [5.41, 5.74) is 0. The maximum Gasteiger partial charge on any atom is 0.150 e. The molecule has 0 aromatic carbocycles. The lowest BCUT2D eigenvalue weighted by molar-refractivity contribution is -0.121. The molecule has 0 aliphatic rings. The molecule has 0 heterocycles. The molecular weight excluding hydrogens is 277 g/mol. The predicted molar refractivity (Wildman–Crippen MR) is 64.9 cm³/mol. The Morgan fingerprint density at radius 1 is 1.31 bits per heavy atom. The first-order valence-electron chi connectivity index (χ1n) is 4.87. The zero-order chi connectivity index (χ0) is 10.4. The molecule has 0 spiro atoms. The molecule has 2 nitrogen and oxygen atoms in total. The Morgan fingerprint density at radius 2 is 1.85 bits per heavy atom. The molecule has 0 bridgehead atoms. The summed E-state index contributed by atoms with van der Waals surface area (Å²) in [4.78, 5) is 11.4. The van der Waals surface area contributed by atoms with Crippen LogP contribution in [0.3, 0.4) is 0 Å². The zero-order valence-corrected chi connectivity index (χ0v) is 11.2. The van der Waals surface area contributed by atoms with Crippen molar-refractivity contribution in [3.8, 4) is 0 Å². The van der Waals surface area contributed by atoms with Crippen LogP contribution >= 0.6 is 22.9 Å². The number of ketones is 1. The van der Waals surface area contributed by atoms with E-state index in [4.69, 9.17) is 0 Å². The Morgan fingerprint density at radius 3 is 2.23 bits per heavy atom. The minimum absolute atomic E-state index is 0.163. The highest BCUT2D eigenvalue weighted by Gasteiger charge is 2.11. The van der Waals surface area contributed by atoms with E-state index in [1.807, 2.05) is 13.8 Å². The highest BCUT2D eigenvalue weighted by atomic mass is 127. The molecule has 0 aliphatic carbocycles. The van der Waals surface area contributed by atoms with Crippen molar-refractivity contribution >= 4 is 28.6 Å². The first-order valence-corrected chi connectivity index (χ1v) is 5.83. The van der Waals surface area contributed by atoms with Crippen LogP contribution in [0.15, 0.2) is 0 Å². The van der Waals surface area contributed by atoms with Gasteiger partial charge in [0.05, 0.1) is 6.54 Å². The molecule has 0 rings (SSSR count). The van der Waals surface area contributed by atoms with Gasteiger partial charge in [-0.05, 0) is 12.3 Å². The van der Waals surface area contributed by atoms with Crippen LogP contribution in [-0.4, -0.2) is 22.0 Å². The normalized spacial score (nSPS) is 11.7. The van der Waals surface area contributed by atoms with Gasteiger partial charge in [-0.3, -0.25) is 4.79 Å². The molecule has 78 valence electrons. The summed E-state index contributed by atoms with van der Waals surface area (Å²) in [6, 6.07) is 0. The van der Waals surface area contributed by atoms with E-state index in [0.717, 1.165) is 13.0 Å². The van der Waals surface area contributed by atoms with E-state index < -0.39 is 0 Å². The summed E-state index contributed by atoms with van der Waals surface area (Å²) in [7, 11) is 0. The van der Waals surface area contributed by atoms with E-state index in [2.05, 4.69) is 39.8 Å². The molecule has 3 heteroatoms. The van der Waals surface area contributed by atoms with Crippen LogP contribution in [0.1, 0.15) is 34.1 Å². The average molecular weight is 297 g/mol. The summed E-state index contributed by atoms with van der Waals surface area (Å²) in [5, 5.41) is 0. The van der Waals surface area contributed by atoms with E-state index in [0.29, 0.717) is 18.2 Å². The first kappa shape index (κ1) is 13.4. The van der Waals surface area contributed by atoms with E-state index in [1.165, 1.54) is 0 Å². The third-order valence-electron chi connectivity index (χ3n) is 1.92. The molecule has 0 unspecified atom stereocenters. The summed E-state index contributed by atoms with van der Waals surface area (Å²) >= 11 is 2.24. The van der Waals surface area contributed by atoms with Crippen LogP contribution in [0.25, 0.3) is 0 Å². The second-order valence-electron chi connectivity index (χ2n) is 4.15. The molecular formula is C10H20INO. The fourth-order valence-electron chi connectivity index (χ4n) is 0.829. The summed E-state index contributed by atoms with van der Waals surface area (Å²) in [6.45, 7) is 9.91. The smallest absolute Gasteiger partial charge is 0.150 e. The topological polar surface area (TPSA) is 20.3 Å². The lowest BCUT2D eigenvalue weighted by Crippen LogP contribution is -2.25. The summed E-state index contributed by atoms with van der Waals surface area (Å²) < 4.78 is 2.08. The number of carbonyl (C=O) groups excluding carboxylic acids is 1. The van der Waals surface area contributed by atoms with Gasteiger partial charge in [-0.1, -0.05) is 27.7 Å². The van der Waals surface area contributed by atoms with Crippen molar-refractivity contribution in [1.82, 2.24) is 3.11 Å². The van der Waals surface area contributed by atoms with Gasteiger partial charge < -0.3 is 0 Å². The monoisotopic (exact) mass is 297 g/mol. The number of nitrogens with zero attached hydrogens (tertiary/aromatic N) is 1. The minimum atomic E-state index is 0.163. The van der Waals surface area contributed by atoms with Crippen LogP contribution in [0.5, 0.6) is 0 Å². The van der Waals surface area contributed by atoms with Crippen LogP contribution in [0, 0.1) is 11.8 Å². The molecule has 0 aromatic rings. The number of hydrogen-bond donors (Lipinski definition) is 0. The van der Waals surface area contributed by atoms with Gasteiger partial charge in [-0.2, -0.15) is 0 Å². The van der Waals surface area contributed by atoms with Crippen LogP contribution in [0.4, 0.5) is 0 Å². The van der Waals surface area contributed by atoms with Crippen molar-refractivity contribution in [2.75, 3.05) is 13.1 Å². The predicted octanol–water partition coefficient (Wildman–Crippen LogP) is 2.91. The van der Waals surface area contributed by atoms with Gasteiger partial charge in [0.15, 0.2) is 0 Å². The zero-order valence-electron chi connectivity index (χ0n) is 9.01. The Hall–Kier alpha value is 0.360. The van der Waals surface area contributed by atoms with E-state index in [-0.39, 0.29) is 5.92 Å². The Bertz CT molecular complexity index is 157. The number of halogens is 1. The molecule has 13 heavy (non-hydrogen) atoms. The third-order valence-corrected chi connectivity index (χ3v) is 2.74. The Kier molecular flexibility index (Phi) is 6.95. The lowest BCUT2D eigenvalue weighted by Gasteiger charge is -2.15.